The van der Waals surface area contributed by atoms with Crippen LogP contribution >= 0.6 is 0 Å². The monoisotopic (exact) mass is 459 g/mol. The first-order valence-corrected chi connectivity index (χ1v) is 11.3. The number of allylic oxidation sites excluding steroid dienone is 4. The summed E-state index contributed by atoms with van der Waals surface area (Å²) in [5, 5.41) is 7.42. The number of hydrogen-bond acceptors (Lipinski definition) is 6. The highest BCUT2D eigenvalue weighted by atomic mass is 19.1. The Morgan fingerprint density at radius 2 is 2.03 bits per heavy atom. The first-order valence-electron chi connectivity index (χ1n) is 11.3. The summed E-state index contributed by atoms with van der Waals surface area (Å²) < 4.78 is 25.6. The molecule has 3 aromatic rings. The number of nitrogens with one attached hydrogen (secondary N) is 3. The number of fused-ring (bicyclic) bond motifs is 1. The number of aromatic amines is 1. The van der Waals surface area contributed by atoms with Crippen molar-refractivity contribution in [3.8, 4) is 0 Å². The molecule has 0 radical (unpaired) electrons. The molecule has 2 aliphatic rings. The zero-order valence-electron chi connectivity index (χ0n) is 19.1. The van der Waals surface area contributed by atoms with Crippen molar-refractivity contribution in [1.82, 2.24) is 15.0 Å². The number of ether oxygens (including phenoxy) is 2. The third-order valence-corrected chi connectivity index (χ3v) is 5.93. The molecule has 0 fully saturated rings. The second-order valence-corrected chi connectivity index (χ2v) is 8.29. The zero-order valence-corrected chi connectivity index (χ0v) is 19.1. The molecule has 1 aromatic carbocycles. The van der Waals surface area contributed by atoms with E-state index in [2.05, 4.69) is 31.7 Å². The molecule has 0 bridgehead atoms. The summed E-state index contributed by atoms with van der Waals surface area (Å²) in [6.07, 6.45) is 13.4. The number of rotatable bonds is 7. The summed E-state index contributed by atoms with van der Waals surface area (Å²) in [6.45, 7) is 4.61. The van der Waals surface area contributed by atoms with Crippen molar-refractivity contribution >= 4 is 22.5 Å². The first kappa shape index (κ1) is 21.8. The van der Waals surface area contributed by atoms with Gasteiger partial charge in [0.1, 0.15) is 30.0 Å². The standard InChI is InChI=1S/C26H26FN5O2/c1-16-8-9-20(27)26-25(16)19(17(2)31-26)10-11-28-22-12-23(30-15-29-22)32-24-14-33-13-21(34-24)18-6-4-3-5-7-18/h3-4,6,8-9,12-15,31H,5,7,10-11H2,1-2H3,(H2,28,29,30,32). The van der Waals surface area contributed by atoms with Gasteiger partial charge in [-0.25, -0.2) is 14.4 Å². The van der Waals surface area contributed by atoms with Crippen molar-refractivity contribution in [3.63, 3.8) is 0 Å². The average molecular weight is 460 g/mol. The van der Waals surface area contributed by atoms with E-state index in [0.717, 1.165) is 47.0 Å². The first-order chi connectivity index (χ1) is 16.6. The predicted octanol–water partition coefficient (Wildman–Crippen LogP) is 5.74. The molecule has 34 heavy (non-hydrogen) atoms. The van der Waals surface area contributed by atoms with Crippen molar-refractivity contribution in [1.29, 1.82) is 0 Å². The molecular formula is C26H26FN5O2. The van der Waals surface area contributed by atoms with Crippen LogP contribution in [-0.2, 0) is 15.9 Å². The van der Waals surface area contributed by atoms with Crippen molar-refractivity contribution in [2.45, 2.75) is 33.1 Å². The number of halogens is 1. The summed E-state index contributed by atoms with van der Waals surface area (Å²) in [7, 11) is 0. The average Bonchev–Trinajstić information content (AvgIpc) is 3.20. The van der Waals surface area contributed by atoms with Crippen LogP contribution in [0, 0.1) is 19.7 Å². The van der Waals surface area contributed by atoms with Crippen LogP contribution in [0.1, 0.15) is 29.7 Å². The maximum absolute atomic E-state index is 14.2. The third-order valence-electron chi connectivity index (χ3n) is 5.93. The molecular weight excluding hydrogens is 433 g/mol. The van der Waals surface area contributed by atoms with Gasteiger partial charge in [-0.3, -0.25) is 0 Å². The Bertz CT molecular complexity index is 1350. The molecule has 0 saturated carbocycles. The van der Waals surface area contributed by atoms with Gasteiger partial charge < -0.3 is 25.1 Å². The van der Waals surface area contributed by atoms with Crippen LogP contribution in [0.4, 0.5) is 16.0 Å². The van der Waals surface area contributed by atoms with Gasteiger partial charge in [-0.2, -0.15) is 0 Å². The molecule has 1 aliphatic heterocycles. The van der Waals surface area contributed by atoms with Crippen LogP contribution in [0.15, 0.2) is 72.5 Å². The fourth-order valence-corrected chi connectivity index (χ4v) is 4.25. The van der Waals surface area contributed by atoms with Crippen molar-refractivity contribution < 1.29 is 13.9 Å². The molecule has 174 valence electrons. The summed E-state index contributed by atoms with van der Waals surface area (Å²) in [5.74, 6) is 2.15. The molecule has 0 amide bonds. The second kappa shape index (κ2) is 9.43. The SMILES string of the molecule is Cc1[nH]c2c(F)ccc(C)c2c1CCNc1cc(NC2=COC=C(C3=CC=CCC3)O2)ncn1. The number of nitrogens with zero attached hydrogens (tertiary/aromatic N) is 2. The van der Waals surface area contributed by atoms with Gasteiger partial charge in [0.05, 0.1) is 5.52 Å². The Balaban J connectivity index is 1.22. The fourth-order valence-electron chi connectivity index (χ4n) is 4.25. The van der Waals surface area contributed by atoms with Crippen LogP contribution < -0.4 is 10.6 Å². The number of benzene rings is 1. The minimum atomic E-state index is -0.230. The van der Waals surface area contributed by atoms with E-state index in [1.54, 1.807) is 12.3 Å². The number of H-pyrrole nitrogens is 1. The van der Waals surface area contributed by atoms with Crippen LogP contribution in [-0.4, -0.2) is 21.5 Å². The highest BCUT2D eigenvalue weighted by molar-refractivity contribution is 5.88. The van der Waals surface area contributed by atoms with E-state index in [0.29, 0.717) is 35.3 Å². The van der Waals surface area contributed by atoms with E-state index in [1.807, 2.05) is 32.1 Å². The topological polar surface area (TPSA) is 84.1 Å². The van der Waals surface area contributed by atoms with Gasteiger partial charge in [0, 0.05) is 23.7 Å². The van der Waals surface area contributed by atoms with Crippen molar-refractivity contribution in [2.75, 3.05) is 17.2 Å². The lowest BCUT2D eigenvalue weighted by Crippen LogP contribution is -2.12. The molecule has 0 spiro atoms. The molecule has 8 heteroatoms. The van der Waals surface area contributed by atoms with Gasteiger partial charge in [-0.1, -0.05) is 24.3 Å². The van der Waals surface area contributed by atoms with E-state index in [9.17, 15) is 4.39 Å². The molecule has 2 aromatic heterocycles. The quantitative estimate of drug-likeness (QED) is 0.418. The van der Waals surface area contributed by atoms with Gasteiger partial charge in [0.2, 0.25) is 5.88 Å². The number of aromatic nitrogens is 3. The van der Waals surface area contributed by atoms with E-state index >= 15 is 0 Å². The van der Waals surface area contributed by atoms with Gasteiger partial charge in [0.25, 0.3) is 0 Å². The van der Waals surface area contributed by atoms with Crippen LogP contribution in [0.25, 0.3) is 10.9 Å². The van der Waals surface area contributed by atoms with Gasteiger partial charge in [-0.15, -0.1) is 0 Å². The third kappa shape index (κ3) is 4.52. The molecule has 0 saturated heterocycles. The lowest BCUT2D eigenvalue weighted by atomic mass is 10.0. The zero-order chi connectivity index (χ0) is 23.5. The fraction of sp³-hybridized carbons (Fsp3) is 0.231. The smallest absolute Gasteiger partial charge is 0.234 e. The summed E-state index contributed by atoms with van der Waals surface area (Å²) in [4.78, 5) is 11.8. The maximum atomic E-state index is 14.2. The van der Waals surface area contributed by atoms with Crippen LogP contribution in [0.2, 0.25) is 0 Å². The molecule has 7 nitrogen and oxygen atoms in total. The molecule has 3 heterocycles. The van der Waals surface area contributed by atoms with Crippen LogP contribution in [0.3, 0.4) is 0 Å². The highest BCUT2D eigenvalue weighted by Crippen LogP contribution is 2.29. The molecule has 0 atom stereocenters. The van der Waals surface area contributed by atoms with Gasteiger partial charge in [-0.05, 0) is 55.9 Å². The molecule has 3 N–H and O–H groups in total. The lowest BCUT2D eigenvalue weighted by molar-refractivity contribution is 0.233. The predicted molar refractivity (Wildman–Crippen MR) is 130 cm³/mol. The minimum absolute atomic E-state index is 0.230. The Hall–Kier alpha value is -4.07. The maximum Gasteiger partial charge on any atom is 0.234 e. The minimum Gasteiger partial charge on any atom is -0.463 e. The largest absolute Gasteiger partial charge is 0.463 e. The second-order valence-electron chi connectivity index (χ2n) is 8.29. The Morgan fingerprint density at radius 1 is 1.15 bits per heavy atom. The van der Waals surface area contributed by atoms with E-state index in [1.165, 1.54) is 18.7 Å². The lowest BCUT2D eigenvalue weighted by Gasteiger charge is -2.20. The molecule has 1 aliphatic carbocycles. The molecule has 0 unspecified atom stereocenters. The van der Waals surface area contributed by atoms with E-state index < -0.39 is 0 Å². The number of aryl methyl sites for hydroxylation is 2. The van der Waals surface area contributed by atoms with Crippen molar-refractivity contribution in [2.24, 2.45) is 0 Å². The van der Waals surface area contributed by atoms with E-state index in [-0.39, 0.29) is 5.82 Å². The Morgan fingerprint density at radius 3 is 2.88 bits per heavy atom. The summed E-state index contributed by atoms with van der Waals surface area (Å²) in [6, 6.07) is 5.12. The molecule has 5 rings (SSSR count). The Labute approximate surface area is 197 Å². The van der Waals surface area contributed by atoms with Crippen molar-refractivity contribution in [3.05, 3.63) is 95.1 Å². The highest BCUT2D eigenvalue weighted by Gasteiger charge is 2.16. The summed E-state index contributed by atoms with van der Waals surface area (Å²) in [5.41, 5.74) is 4.79. The normalized spacial score (nSPS) is 15.2. The Kier molecular flexibility index (Phi) is 6.03. The van der Waals surface area contributed by atoms with Crippen LogP contribution in [0.5, 0.6) is 0 Å². The number of hydrogen-bond donors (Lipinski definition) is 3. The van der Waals surface area contributed by atoms with E-state index in [4.69, 9.17) is 9.47 Å². The number of anilines is 2. The summed E-state index contributed by atoms with van der Waals surface area (Å²) >= 11 is 0. The van der Waals surface area contributed by atoms with Gasteiger partial charge in [0.15, 0.2) is 12.0 Å². The van der Waals surface area contributed by atoms with Gasteiger partial charge >= 0.3 is 0 Å².